The Kier molecular flexibility index (Phi) is 4.31. The van der Waals surface area contributed by atoms with Crippen LogP contribution >= 0.6 is 11.3 Å². The number of anilines is 1. The zero-order valence-corrected chi connectivity index (χ0v) is 16.5. The van der Waals surface area contributed by atoms with Crippen molar-refractivity contribution in [3.63, 3.8) is 0 Å². The summed E-state index contributed by atoms with van der Waals surface area (Å²) in [4.78, 5) is 19.6. The second-order valence-corrected chi connectivity index (χ2v) is 7.67. The van der Waals surface area contributed by atoms with Crippen LogP contribution in [0.4, 0.5) is 5.13 Å². The van der Waals surface area contributed by atoms with Gasteiger partial charge < -0.3 is 4.42 Å². The number of furan rings is 1. The molecule has 0 radical (unpaired) electrons. The van der Waals surface area contributed by atoms with Gasteiger partial charge in [0.1, 0.15) is 5.76 Å². The van der Waals surface area contributed by atoms with E-state index in [9.17, 15) is 4.79 Å². The second-order valence-electron chi connectivity index (χ2n) is 6.67. The molecule has 27 heavy (non-hydrogen) atoms. The number of amides is 1. The van der Waals surface area contributed by atoms with E-state index in [0.29, 0.717) is 23.1 Å². The van der Waals surface area contributed by atoms with Crippen molar-refractivity contribution in [2.45, 2.75) is 27.3 Å². The average molecular weight is 380 g/mol. The summed E-state index contributed by atoms with van der Waals surface area (Å²) in [6.45, 7) is 6.37. The summed E-state index contributed by atoms with van der Waals surface area (Å²) in [7, 11) is 1.83. The summed E-state index contributed by atoms with van der Waals surface area (Å²) in [6.07, 6.45) is 1.61. The third-order valence-corrected chi connectivity index (χ3v) is 5.74. The molecule has 0 aliphatic rings. The highest BCUT2D eigenvalue weighted by atomic mass is 32.1. The predicted octanol–water partition coefficient (Wildman–Crippen LogP) is 4.40. The number of aromatic nitrogens is 3. The molecule has 0 spiro atoms. The first-order valence-corrected chi connectivity index (χ1v) is 9.46. The van der Waals surface area contributed by atoms with Crippen molar-refractivity contribution in [1.82, 2.24) is 14.8 Å². The monoisotopic (exact) mass is 380 g/mol. The Morgan fingerprint density at radius 2 is 2.00 bits per heavy atom. The van der Waals surface area contributed by atoms with Crippen molar-refractivity contribution < 1.29 is 9.21 Å². The van der Waals surface area contributed by atoms with Crippen LogP contribution in [0.2, 0.25) is 0 Å². The molecule has 0 atom stereocenters. The van der Waals surface area contributed by atoms with Crippen LogP contribution in [0.15, 0.2) is 41.0 Å². The van der Waals surface area contributed by atoms with Gasteiger partial charge in [0.15, 0.2) is 10.8 Å². The van der Waals surface area contributed by atoms with Crippen molar-refractivity contribution in [3.8, 4) is 0 Å². The Bertz CT molecular complexity index is 1070. The van der Waals surface area contributed by atoms with Gasteiger partial charge in [0, 0.05) is 12.7 Å². The van der Waals surface area contributed by atoms with Crippen LogP contribution in [0.5, 0.6) is 0 Å². The lowest BCUT2D eigenvalue weighted by molar-refractivity contribution is 0.0977. The molecule has 7 heteroatoms. The molecule has 0 fully saturated rings. The molecule has 3 heterocycles. The molecule has 1 amide bonds. The summed E-state index contributed by atoms with van der Waals surface area (Å²) >= 11 is 1.50. The largest absolute Gasteiger partial charge is 0.467 e. The van der Waals surface area contributed by atoms with E-state index in [0.717, 1.165) is 15.9 Å². The van der Waals surface area contributed by atoms with E-state index in [2.05, 4.69) is 31.1 Å². The summed E-state index contributed by atoms with van der Waals surface area (Å²) in [5.74, 6) is 0.505. The lowest BCUT2D eigenvalue weighted by atomic mass is 10.1. The minimum atomic E-state index is -0.192. The number of carbonyl (C=O) groups excluding carboxylic acids is 1. The zero-order valence-electron chi connectivity index (χ0n) is 15.7. The van der Waals surface area contributed by atoms with Crippen LogP contribution in [-0.4, -0.2) is 20.7 Å². The number of benzene rings is 1. The van der Waals surface area contributed by atoms with E-state index < -0.39 is 0 Å². The lowest BCUT2D eigenvalue weighted by Crippen LogP contribution is -2.30. The third-order valence-electron chi connectivity index (χ3n) is 4.70. The maximum absolute atomic E-state index is 13.2. The molecule has 138 valence electrons. The summed E-state index contributed by atoms with van der Waals surface area (Å²) in [5.41, 5.74) is 4.61. The fourth-order valence-corrected chi connectivity index (χ4v) is 3.91. The molecule has 0 aliphatic heterocycles. The fourth-order valence-electron chi connectivity index (χ4n) is 2.87. The van der Waals surface area contributed by atoms with Crippen LogP contribution in [0.25, 0.3) is 10.2 Å². The van der Waals surface area contributed by atoms with Gasteiger partial charge in [-0.05, 0) is 62.2 Å². The van der Waals surface area contributed by atoms with Crippen LogP contribution < -0.4 is 4.90 Å². The van der Waals surface area contributed by atoms with Gasteiger partial charge in [0.2, 0.25) is 0 Å². The Hall–Kier alpha value is -2.93. The first-order valence-electron chi connectivity index (χ1n) is 8.65. The minimum Gasteiger partial charge on any atom is -0.467 e. The second kappa shape index (κ2) is 6.66. The topological polar surface area (TPSA) is 64.2 Å². The van der Waals surface area contributed by atoms with Crippen molar-refractivity contribution in [3.05, 3.63) is 64.9 Å². The van der Waals surface area contributed by atoms with Gasteiger partial charge in [-0.3, -0.25) is 14.4 Å². The van der Waals surface area contributed by atoms with Gasteiger partial charge in [-0.1, -0.05) is 11.3 Å². The molecule has 3 aromatic heterocycles. The molecule has 0 N–H and O–H groups in total. The van der Waals surface area contributed by atoms with Crippen molar-refractivity contribution in [1.29, 1.82) is 0 Å². The molecule has 6 nitrogen and oxygen atoms in total. The first-order chi connectivity index (χ1) is 12.9. The van der Waals surface area contributed by atoms with Crippen molar-refractivity contribution >= 4 is 32.6 Å². The van der Waals surface area contributed by atoms with Crippen LogP contribution in [-0.2, 0) is 13.6 Å². The number of hydrogen-bond acceptors (Lipinski definition) is 5. The van der Waals surface area contributed by atoms with Crippen molar-refractivity contribution in [2.24, 2.45) is 7.05 Å². The third kappa shape index (κ3) is 3.26. The van der Waals surface area contributed by atoms with Gasteiger partial charge in [0.25, 0.3) is 5.91 Å². The molecule has 4 rings (SSSR count). The molecule has 0 saturated carbocycles. The average Bonchev–Trinajstić information content (AvgIpc) is 3.34. The fraction of sp³-hybridized carbons (Fsp3) is 0.250. The zero-order chi connectivity index (χ0) is 19.1. The number of nitrogens with zero attached hydrogens (tertiary/aromatic N) is 4. The van der Waals surface area contributed by atoms with E-state index in [4.69, 9.17) is 9.40 Å². The number of aryl methyl sites for hydroxylation is 4. The van der Waals surface area contributed by atoms with E-state index in [1.807, 2.05) is 26.1 Å². The number of rotatable bonds is 4. The van der Waals surface area contributed by atoms with Gasteiger partial charge in [0.05, 0.1) is 23.0 Å². The maximum atomic E-state index is 13.2. The van der Waals surface area contributed by atoms with Gasteiger partial charge in [-0.25, -0.2) is 4.98 Å². The number of hydrogen-bond donors (Lipinski definition) is 0. The van der Waals surface area contributed by atoms with Gasteiger partial charge >= 0.3 is 0 Å². The Morgan fingerprint density at radius 3 is 2.67 bits per heavy atom. The number of fused-ring (bicyclic) bond motifs is 1. The Morgan fingerprint density at radius 1 is 1.22 bits per heavy atom. The lowest BCUT2D eigenvalue weighted by Gasteiger charge is -2.17. The van der Waals surface area contributed by atoms with Gasteiger partial charge in [-0.2, -0.15) is 5.10 Å². The minimum absolute atomic E-state index is 0.192. The maximum Gasteiger partial charge on any atom is 0.280 e. The van der Waals surface area contributed by atoms with E-state index in [-0.39, 0.29) is 5.91 Å². The molecular weight excluding hydrogens is 360 g/mol. The molecule has 0 aliphatic carbocycles. The van der Waals surface area contributed by atoms with Crippen LogP contribution in [0.1, 0.15) is 33.1 Å². The van der Waals surface area contributed by atoms with E-state index in [1.54, 1.807) is 21.9 Å². The molecule has 0 saturated heterocycles. The Labute approximate surface area is 161 Å². The summed E-state index contributed by atoms with van der Waals surface area (Å²) in [5, 5.41) is 4.98. The van der Waals surface area contributed by atoms with E-state index >= 15 is 0 Å². The normalized spacial score (nSPS) is 11.3. The van der Waals surface area contributed by atoms with Crippen LogP contribution in [0.3, 0.4) is 0 Å². The highest BCUT2D eigenvalue weighted by Gasteiger charge is 2.25. The van der Waals surface area contributed by atoms with E-state index in [1.165, 1.54) is 22.5 Å². The molecule has 0 unspecified atom stereocenters. The Balaban J connectivity index is 1.78. The predicted molar refractivity (Wildman–Crippen MR) is 106 cm³/mol. The summed E-state index contributed by atoms with van der Waals surface area (Å²) < 4.78 is 8.23. The molecular formula is C20H20N4O2S. The number of carbonyl (C=O) groups is 1. The first kappa shape index (κ1) is 17.5. The highest BCUT2D eigenvalue weighted by molar-refractivity contribution is 7.22. The SMILES string of the molecule is Cc1cc2nc(N(Cc3ccco3)C(=O)c3cc(C)n(C)n3)sc2cc1C. The standard InChI is InChI=1S/C20H20N4O2S/c1-12-8-16-18(9-13(12)2)27-20(21-16)24(11-15-6-5-7-26-15)19(25)17-10-14(3)23(4)22-17/h5-10H,11H2,1-4H3. The van der Waals surface area contributed by atoms with Gasteiger partial charge in [-0.15, -0.1) is 0 Å². The van der Waals surface area contributed by atoms with Crippen LogP contribution in [0, 0.1) is 20.8 Å². The molecule has 4 aromatic rings. The summed E-state index contributed by atoms with van der Waals surface area (Å²) in [6, 6.07) is 9.63. The molecule has 1 aromatic carbocycles. The quantitative estimate of drug-likeness (QED) is 0.526. The number of thiazole rings is 1. The molecule has 0 bridgehead atoms. The van der Waals surface area contributed by atoms with Crippen molar-refractivity contribution in [2.75, 3.05) is 4.90 Å². The smallest absolute Gasteiger partial charge is 0.280 e. The highest BCUT2D eigenvalue weighted by Crippen LogP contribution is 2.32.